The van der Waals surface area contributed by atoms with Gasteiger partial charge in [-0.25, -0.2) is 8.42 Å². The summed E-state index contributed by atoms with van der Waals surface area (Å²) in [6, 6.07) is 24.6. The first-order valence-electron chi connectivity index (χ1n) is 10.6. The molecule has 0 bridgehead atoms. The molecule has 3 aromatic carbocycles. The molecular formula is C25H28N2O4S. The molecule has 0 spiro atoms. The monoisotopic (exact) mass is 452 g/mol. The summed E-state index contributed by atoms with van der Waals surface area (Å²) < 4.78 is 33.2. The first-order chi connectivity index (χ1) is 15.5. The Balaban J connectivity index is 1.64. The predicted octanol–water partition coefficient (Wildman–Crippen LogP) is 4.03. The fourth-order valence-electron chi connectivity index (χ4n) is 3.33. The standard InChI is InChI=1S/C25H28N2O4S/c1-2-31-24-18-10-9-12-21(24)13-11-19-26-25(28)20-27(22-14-5-3-6-15-22)32(29,30)23-16-7-4-8-17-23/h3-10,12,14-18H,2,11,13,19-20H2,1H3,(H,26,28). The number of nitrogens with one attached hydrogen (secondary N) is 1. The number of anilines is 1. The molecule has 7 heteroatoms. The molecule has 0 radical (unpaired) electrons. The summed E-state index contributed by atoms with van der Waals surface area (Å²) in [5.41, 5.74) is 1.53. The predicted molar refractivity (Wildman–Crippen MR) is 126 cm³/mol. The van der Waals surface area contributed by atoms with Crippen molar-refractivity contribution in [3.63, 3.8) is 0 Å². The van der Waals surface area contributed by atoms with E-state index in [9.17, 15) is 13.2 Å². The van der Waals surface area contributed by atoms with E-state index in [1.807, 2.05) is 31.2 Å². The second-order valence-corrected chi connectivity index (χ2v) is 9.02. The summed E-state index contributed by atoms with van der Waals surface area (Å²) in [7, 11) is -3.88. The van der Waals surface area contributed by atoms with Gasteiger partial charge in [0.05, 0.1) is 17.2 Å². The topological polar surface area (TPSA) is 75.7 Å². The average Bonchev–Trinajstić information content (AvgIpc) is 2.82. The molecule has 0 aliphatic carbocycles. The number of hydrogen-bond donors (Lipinski definition) is 1. The normalized spacial score (nSPS) is 11.0. The van der Waals surface area contributed by atoms with Crippen LogP contribution in [-0.4, -0.2) is 34.0 Å². The van der Waals surface area contributed by atoms with E-state index in [1.54, 1.807) is 48.5 Å². The molecule has 0 unspecified atom stereocenters. The molecule has 0 fully saturated rings. The van der Waals surface area contributed by atoms with Gasteiger partial charge in [0.2, 0.25) is 5.91 Å². The van der Waals surface area contributed by atoms with Gasteiger partial charge in [-0.05, 0) is 55.7 Å². The van der Waals surface area contributed by atoms with Crippen LogP contribution in [0.25, 0.3) is 0 Å². The summed E-state index contributed by atoms with van der Waals surface area (Å²) >= 11 is 0. The van der Waals surface area contributed by atoms with E-state index in [0.717, 1.165) is 22.0 Å². The minimum atomic E-state index is -3.88. The van der Waals surface area contributed by atoms with Crippen molar-refractivity contribution in [2.75, 3.05) is 24.0 Å². The van der Waals surface area contributed by atoms with Crippen LogP contribution in [0, 0.1) is 0 Å². The highest BCUT2D eigenvalue weighted by Gasteiger charge is 2.26. The van der Waals surface area contributed by atoms with Gasteiger partial charge in [-0.3, -0.25) is 9.10 Å². The lowest BCUT2D eigenvalue weighted by Crippen LogP contribution is -2.41. The third-order valence-corrected chi connectivity index (χ3v) is 6.67. The van der Waals surface area contributed by atoms with Crippen LogP contribution in [0.4, 0.5) is 5.69 Å². The maximum Gasteiger partial charge on any atom is 0.264 e. The van der Waals surface area contributed by atoms with Gasteiger partial charge in [0.15, 0.2) is 0 Å². The van der Waals surface area contributed by atoms with Gasteiger partial charge in [-0.2, -0.15) is 0 Å². The highest BCUT2D eigenvalue weighted by molar-refractivity contribution is 7.92. The summed E-state index contributed by atoms with van der Waals surface area (Å²) in [6.07, 6.45) is 1.47. The molecule has 1 amide bonds. The fourth-order valence-corrected chi connectivity index (χ4v) is 4.77. The smallest absolute Gasteiger partial charge is 0.264 e. The van der Waals surface area contributed by atoms with E-state index < -0.39 is 10.0 Å². The second-order valence-electron chi connectivity index (χ2n) is 7.15. The lowest BCUT2D eigenvalue weighted by Gasteiger charge is -2.24. The largest absolute Gasteiger partial charge is 0.494 e. The minimum absolute atomic E-state index is 0.143. The van der Waals surface area contributed by atoms with Gasteiger partial charge >= 0.3 is 0 Å². The quantitative estimate of drug-likeness (QED) is 0.446. The average molecular weight is 453 g/mol. The van der Waals surface area contributed by atoms with Crippen LogP contribution in [0.5, 0.6) is 5.75 Å². The Hall–Kier alpha value is -3.32. The SMILES string of the molecule is CCOc1ccccc1CCCNC(=O)CN(c1ccccc1)S(=O)(=O)c1ccccc1. The van der Waals surface area contributed by atoms with E-state index >= 15 is 0 Å². The van der Waals surface area contributed by atoms with Crippen LogP contribution in [0.15, 0.2) is 89.8 Å². The van der Waals surface area contributed by atoms with Crippen LogP contribution in [0.1, 0.15) is 18.9 Å². The Labute approximate surface area is 189 Å². The van der Waals surface area contributed by atoms with Gasteiger partial charge in [-0.1, -0.05) is 54.6 Å². The molecular weight excluding hydrogens is 424 g/mol. The summed E-state index contributed by atoms with van der Waals surface area (Å²) in [5, 5.41) is 2.84. The molecule has 0 heterocycles. The molecule has 0 saturated heterocycles. The highest BCUT2D eigenvalue weighted by Crippen LogP contribution is 2.23. The van der Waals surface area contributed by atoms with Crippen molar-refractivity contribution in [1.82, 2.24) is 5.32 Å². The number of sulfonamides is 1. The van der Waals surface area contributed by atoms with Crippen LogP contribution in [-0.2, 0) is 21.2 Å². The van der Waals surface area contributed by atoms with Crippen molar-refractivity contribution in [3.8, 4) is 5.75 Å². The van der Waals surface area contributed by atoms with Gasteiger partial charge in [0.1, 0.15) is 12.3 Å². The van der Waals surface area contributed by atoms with E-state index in [2.05, 4.69) is 5.32 Å². The van der Waals surface area contributed by atoms with Crippen LogP contribution in [0.2, 0.25) is 0 Å². The molecule has 6 nitrogen and oxygen atoms in total. The van der Waals surface area contributed by atoms with Crippen LogP contribution < -0.4 is 14.4 Å². The van der Waals surface area contributed by atoms with E-state index in [4.69, 9.17) is 4.74 Å². The van der Waals surface area contributed by atoms with Crippen LogP contribution in [0.3, 0.4) is 0 Å². The Morgan fingerprint density at radius 3 is 2.22 bits per heavy atom. The lowest BCUT2D eigenvalue weighted by atomic mass is 10.1. The van der Waals surface area contributed by atoms with Crippen molar-refractivity contribution in [1.29, 1.82) is 0 Å². The van der Waals surface area contributed by atoms with Crippen molar-refractivity contribution >= 4 is 21.6 Å². The van der Waals surface area contributed by atoms with E-state index in [1.165, 1.54) is 12.1 Å². The van der Waals surface area contributed by atoms with E-state index in [0.29, 0.717) is 25.3 Å². The number of ether oxygens (including phenoxy) is 1. The number of para-hydroxylation sites is 2. The number of nitrogens with zero attached hydrogens (tertiary/aromatic N) is 1. The molecule has 0 aliphatic rings. The number of rotatable bonds is 11. The zero-order chi connectivity index (χ0) is 22.8. The lowest BCUT2D eigenvalue weighted by molar-refractivity contribution is -0.119. The second kappa shape index (κ2) is 11.3. The summed E-state index contributed by atoms with van der Waals surface area (Å²) in [4.78, 5) is 12.8. The first kappa shape index (κ1) is 23.3. The number of hydrogen-bond acceptors (Lipinski definition) is 4. The van der Waals surface area contributed by atoms with Gasteiger partial charge in [0, 0.05) is 6.54 Å². The zero-order valence-corrected chi connectivity index (χ0v) is 18.9. The summed E-state index contributed by atoms with van der Waals surface area (Å²) in [6.45, 7) is 2.68. The van der Waals surface area contributed by atoms with Gasteiger partial charge in [-0.15, -0.1) is 0 Å². The molecule has 0 atom stereocenters. The molecule has 3 rings (SSSR count). The molecule has 0 saturated carbocycles. The highest BCUT2D eigenvalue weighted by atomic mass is 32.2. The van der Waals surface area contributed by atoms with Crippen molar-refractivity contribution in [2.45, 2.75) is 24.7 Å². The molecule has 3 aromatic rings. The Bertz CT molecular complexity index is 1100. The maximum atomic E-state index is 13.2. The maximum absolute atomic E-state index is 13.2. The van der Waals surface area contributed by atoms with Gasteiger partial charge < -0.3 is 10.1 Å². The van der Waals surface area contributed by atoms with Gasteiger partial charge in [0.25, 0.3) is 10.0 Å². The molecule has 0 aliphatic heterocycles. The Kier molecular flexibility index (Phi) is 8.27. The third kappa shape index (κ3) is 6.11. The van der Waals surface area contributed by atoms with E-state index in [-0.39, 0.29) is 17.3 Å². The van der Waals surface area contributed by atoms with Crippen molar-refractivity contribution in [3.05, 3.63) is 90.5 Å². The molecule has 168 valence electrons. The fraction of sp³-hybridized carbons (Fsp3) is 0.240. The first-order valence-corrected chi connectivity index (χ1v) is 12.1. The number of aryl methyl sites for hydroxylation is 1. The number of benzene rings is 3. The minimum Gasteiger partial charge on any atom is -0.494 e. The Morgan fingerprint density at radius 1 is 0.906 bits per heavy atom. The van der Waals surface area contributed by atoms with Crippen molar-refractivity contribution in [2.24, 2.45) is 0 Å². The molecule has 0 aromatic heterocycles. The number of carbonyl (C=O) groups is 1. The summed E-state index contributed by atoms with van der Waals surface area (Å²) in [5.74, 6) is 0.497. The third-order valence-electron chi connectivity index (χ3n) is 4.88. The molecule has 1 N–H and O–H groups in total. The molecule has 32 heavy (non-hydrogen) atoms. The number of carbonyl (C=O) groups excluding carboxylic acids is 1. The number of amides is 1. The van der Waals surface area contributed by atoms with Crippen LogP contribution >= 0.6 is 0 Å². The van der Waals surface area contributed by atoms with Crippen molar-refractivity contribution < 1.29 is 17.9 Å². The zero-order valence-electron chi connectivity index (χ0n) is 18.1. The Morgan fingerprint density at radius 2 is 1.53 bits per heavy atom.